The van der Waals surface area contributed by atoms with E-state index in [4.69, 9.17) is 5.73 Å². The molecule has 1 atom stereocenters. The topological polar surface area (TPSA) is 55.1 Å². The molecular weight excluding hydrogens is 226 g/mol. The average molecular weight is 242 g/mol. The van der Waals surface area contributed by atoms with E-state index in [-0.39, 0.29) is 18.0 Å². The van der Waals surface area contributed by atoms with E-state index in [9.17, 15) is 13.6 Å². The van der Waals surface area contributed by atoms with Crippen molar-refractivity contribution in [2.24, 2.45) is 5.73 Å². The Morgan fingerprint density at radius 2 is 2.18 bits per heavy atom. The van der Waals surface area contributed by atoms with Gasteiger partial charge in [0.25, 0.3) is 0 Å². The fraction of sp³-hybridized carbons (Fsp3) is 0.417. The van der Waals surface area contributed by atoms with Gasteiger partial charge in [0, 0.05) is 18.2 Å². The van der Waals surface area contributed by atoms with Crippen molar-refractivity contribution in [2.75, 3.05) is 0 Å². The highest BCUT2D eigenvalue weighted by Crippen LogP contribution is 2.09. The van der Waals surface area contributed by atoms with Crippen LogP contribution >= 0.6 is 0 Å². The van der Waals surface area contributed by atoms with Crippen molar-refractivity contribution in [2.45, 2.75) is 32.4 Å². The lowest BCUT2D eigenvalue weighted by atomic mass is 10.1. The molecule has 1 amide bonds. The van der Waals surface area contributed by atoms with E-state index in [1.165, 1.54) is 6.07 Å². The first-order valence-corrected chi connectivity index (χ1v) is 5.51. The van der Waals surface area contributed by atoms with E-state index in [1.807, 2.05) is 6.92 Å². The van der Waals surface area contributed by atoms with Crippen LogP contribution in [0.15, 0.2) is 18.2 Å². The first-order valence-electron chi connectivity index (χ1n) is 5.51. The molecule has 1 aromatic rings. The van der Waals surface area contributed by atoms with Crippen LogP contribution in [0.2, 0.25) is 0 Å². The largest absolute Gasteiger partial charge is 0.351 e. The summed E-state index contributed by atoms with van der Waals surface area (Å²) in [6.07, 6.45) is 1.39. The van der Waals surface area contributed by atoms with Crippen molar-refractivity contribution in [3.8, 4) is 0 Å². The number of halogens is 2. The summed E-state index contributed by atoms with van der Waals surface area (Å²) in [7, 11) is 0. The maximum absolute atomic E-state index is 13.2. The lowest BCUT2D eigenvalue weighted by Crippen LogP contribution is -2.40. The van der Waals surface area contributed by atoms with E-state index in [0.29, 0.717) is 6.42 Å². The SMILES string of the molecule is CCC[C@H](N)C(=O)NCc1ccc(F)cc1F. The van der Waals surface area contributed by atoms with Crippen molar-refractivity contribution >= 4 is 5.91 Å². The highest BCUT2D eigenvalue weighted by Gasteiger charge is 2.12. The van der Waals surface area contributed by atoms with Gasteiger partial charge in [-0.2, -0.15) is 0 Å². The molecule has 0 saturated heterocycles. The number of benzene rings is 1. The summed E-state index contributed by atoms with van der Waals surface area (Å²) < 4.78 is 25.9. The van der Waals surface area contributed by atoms with E-state index in [0.717, 1.165) is 18.6 Å². The van der Waals surface area contributed by atoms with Gasteiger partial charge < -0.3 is 11.1 Å². The lowest BCUT2D eigenvalue weighted by Gasteiger charge is -2.11. The molecule has 94 valence electrons. The highest BCUT2D eigenvalue weighted by atomic mass is 19.1. The Morgan fingerprint density at radius 1 is 1.47 bits per heavy atom. The molecule has 3 nitrogen and oxygen atoms in total. The van der Waals surface area contributed by atoms with Gasteiger partial charge in [-0.1, -0.05) is 19.4 Å². The zero-order valence-electron chi connectivity index (χ0n) is 9.67. The molecule has 0 bridgehead atoms. The predicted molar refractivity (Wildman–Crippen MR) is 61.1 cm³/mol. The molecular formula is C12H16F2N2O. The van der Waals surface area contributed by atoms with Crippen LogP contribution in [-0.2, 0) is 11.3 Å². The molecule has 1 rings (SSSR count). The number of carbonyl (C=O) groups excluding carboxylic acids is 1. The molecule has 0 aliphatic carbocycles. The molecule has 0 fully saturated rings. The second-order valence-corrected chi connectivity index (χ2v) is 3.85. The fourth-order valence-corrected chi connectivity index (χ4v) is 1.42. The number of rotatable bonds is 5. The van der Waals surface area contributed by atoms with Crippen LogP contribution in [0.5, 0.6) is 0 Å². The Morgan fingerprint density at radius 3 is 2.76 bits per heavy atom. The predicted octanol–water partition coefficient (Wildman–Crippen LogP) is 1.71. The second-order valence-electron chi connectivity index (χ2n) is 3.85. The second kappa shape index (κ2) is 6.30. The minimum atomic E-state index is -0.672. The number of carbonyl (C=O) groups is 1. The van der Waals surface area contributed by atoms with Gasteiger partial charge in [-0.25, -0.2) is 8.78 Å². The molecule has 0 radical (unpaired) electrons. The van der Waals surface area contributed by atoms with Crippen LogP contribution in [-0.4, -0.2) is 11.9 Å². The number of nitrogens with two attached hydrogens (primary N) is 1. The van der Waals surface area contributed by atoms with Gasteiger partial charge in [0.05, 0.1) is 6.04 Å². The quantitative estimate of drug-likeness (QED) is 0.825. The first kappa shape index (κ1) is 13.6. The number of nitrogens with one attached hydrogen (secondary N) is 1. The van der Waals surface area contributed by atoms with E-state index >= 15 is 0 Å². The maximum atomic E-state index is 13.2. The summed E-state index contributed by atoms with van der Waals surface area (Å²) in [6.45, 7) is 1.94. The van der Waals surface area contributed by atoms with Crippen LogP contribution in [0.4, 0.5) is 8.78 Å². The molecule has 0 unspecified atom stereocenters. The molecule has 0 aromatic heterocycles. The summed E-state index contributed by atoms with van der Waals surface area (Å²) in [5, 5.41) is 2.52. The summed E-state index contributed by atoms with van der Waals surface area (Å²) in [4.78, 5) is 11.5. The standard InChI is InChI=1S/C12H16F2N2O/c1-2-3-11(15)12(17)16-7-8-4-5-9(13)6-10(8)14/h4-6,11H,2-3,7,15H2,1H3,(H,16,17)/t11-/m0/s1. The fourth-order valence-electron chi connectivity index (χ4n) is 1.42. The Kier molecular flexibility index (Phi) is 5.03. The number of amides is 1. The monoisotopic (exact) mass is 242 g/mol. The van der Waals surface area contributed by atoms with Crippen LogP contribution in [0.3, 0.4) is 0 Å². The Bertz CT molecular complexity index is 396. The third-order valence-corrected chi connectivity index (χ3v) is 2.40. The molecule has 0 saturated carbocycles. The van der Waals surface area contributed by atoms with Crippen LogP contribution < -0.4 is 11.1 Å². The molecule has 0 heterocycles. The van der Waals surface area contributed by atoms with Gasteiger partial charge >= 0.3 is 0 Å². The van der Waals surface area contributed by atoms with Crippen molar-refractivity contribution in [1.82, 2.24) is 5.32 Å². The van der Waals surface area contributed by atoms with Gasteiger partial charge in [-0.05, 0) is 12.5 Å². The van der Waals surface area contributed by atoms with Gasteiger partial charge in [0.15, 0.2) is 0 Å². The van der Waals surface area contributed by atoms with E-state index < -0.39 is 17.7 Å². The summed E-state index contributed by atoms with van der Waals surface area (Å²) in [5.41, 5.74) is 5.83. The number of hydrogen-bond acceptors (Lipinski definition) is 2. The Balaban J connectivity index is 2.53. The van der Waals surface area contributed by atoms with Crippen molar-refractivity contribution in [3.05, 3.63) is 35.4 Å². The molecule has 1 aromatic carbocycles. The average Bonchev–Trinajstić information content (AvgIpc) is 2.27. The van der Waals surface area contributed by atoms with Crippen molar-refractivity contribution in [1.29, 1.82) is 0 Å². The lowest BCUT2D eigenvalue weighted by molar-refractivity contribution is -0.122. The van der Waals surface area contributed by atoms with Crippen LogP contribution in [0.1, 0.15) is 25.3 Å². The Labute approximate surface area is 99.0 Å². The Hall–Kier alpha value is -1.49. The van der Waals surface area contributed by atoms with Crippen molar-refractivity contribution < 1.29 is 13.6 Å². The minimum Gasteiger partial charge on any atom is -0.351 e. The van der Waals surface area contributed by atoms with Gasteiger partial charge in [-0.15, -0.1) is 0 Å². The number of hydrogen-bond donors (Lipinski definition) is 2. The van der Waals surface area contributed by atoms with Gasteiger partial charge in [-0.3, -0.25) is 4.79 Å². The van der Waals surface area contributed by atoms with E-state index in [1.54, 1.807) is 0 Å². The zero-order valence-corrected chi connectivity index (χ0v) is 9.67. The van der Waals surface area contributed by atoms with Crippen LogP contribution in [0.25, 0.3) is 0 Å². The van der Waals surface area contributed by atoms with Gasteiger partial charge in [0.1, 0.15) is 11.6 Å². The zero-order chi connectivity index (χ0) is 12.8. The molecule has 0 aliphatic rings. The summed E-state index contributed by atoms with van der Waals surface area (Å²) >= 11 is 0. The van der Waals surface area contributed by atoms with E-state index in [2.05, 4.69) is 5.32 Å². The highest BCUT2D eigenvalue weighted by molar-refractivity contribution is 5.81. The summed E-state index contributed by atoms with van der Waals surface area (Å²) in [5.74, 6) is -1.63. The molecule has 3 N–H and O–H groups in total. The van der Waals surface area contributed by atoms with Gasteiger partial charge in [0.2, 0.25) is 5.91 Å². The normalized spacial score (nSPS) is 12.2. The third kappa shape index (κ3) is 4.11. The first-order chi connectivity index (χ1) is 8.04. The minimum absolute atomic E-state index is 0.0162. The molecule has 17 heavy (non-hydrogen) atoms. The maximum Gasteiger partial charge on any atom is 0.237 e. The molecule has 5 heteroatoms. The molecule has 0 aliphatic heterocycles. The summed E-state index contributed by atoms with van der Waals surface area (Å²) in [6, 6.07) is 2.66. The molecule has 0 spiro atoms. The van der Waals surface area contributed by atoms with Crippen LogP contribution in [0, 0.1) is 11.6 Å². The third-order valence-electron chi connectivity index (χ3n) is 2.40. The smallest absolute Gasteiger partial charge is 0.237 e. The van der Waals surface area contributed by atoms with Crippen molar-refractivity contribution in [3.63, 3.8) is 0 Å².